The SMILES string of the molecule is CC[C@@H](C)NC(=O)/C(C)=C/c1cc(C)c(-c2ccc3[nH]ccc3c2)cc1C. The van der Waals surface area contributed by atoms with Crippen molar-refractivity contribution in [2.75, 3.05) is 0 Å². The van der Waals surface area contributed by atoms with Crippen molar-refractivity contribution in [3.63, 3.8) is 0 Å². The highest BCUT2D eigenvalue weighted by molar-refractivity contribution is 5.97. The van der Waals surface area contributed by atoms with E-state index in [0.717, 1.165) is 23.1 Å². The smallest absolute Gasteiger partial charge is 0.247 e. The highest BCUT2D eigenvalue weighted by atomic mass is 16.1. The van der Waals surface area contributed by atoms with E-state index >= 15 is 0 Å². The third kappa shape index (κ3) is 4.13. The number of amides is 1. The quantitative estimate of drug-likeness (QED) is 0.557. The second-order valence-electron chi connectivity index (χ2n) is 7.41. The van der Waals surface area contributed by atoms with Crippen molar-refractivity contribution in [2.45, 2.75) is 47.1 Å². The molecule has 3 nitrogen and oxygen atoms in total. The highest BCUT2D eigenvalue weighted by Crippen LogP contribution is 2.30. The molecule has 0 aliphatic heterocycles. The Labute approximate surface area is 161 Å². The van der Waals surface area contributed by atoms with Crippen LogP contribution in [0.25, 0.3) is 28.1 Å². The molecule has 0 aliphatic rings. The van der Waals surface area contributed by atoms with Gasteiger partial charge in [0.05, 0.1) is 0 Å². The monoisotopic (exact) mass is 360 g/mol. The summed E-state index contributed by atoms with van der Waals surface area (Å²) >= 11 is 0. The molecule has 140 valence electrons. The summed E-state index contributed by atoms with van der Waals surface area (Å²) in [5.74, 6) is 0.00314. The van der Waals surface area contributed by atoms with Crippen LogP contribution < -0.4 is 5.32 Å². The molecule has 1 aromatic heterocycles. The van der Waals surface area contributed by atoms with Crippen molar-refractivity contribution in [3.8, 4) is 11.1 Å². The van der Waals surface area contributed by atoms with Gasteiger partial charge in [-0.2, -0.15) is 0 Å². The number of benzene rings is 2. The molecule has 0 unspecified atom stereocenters. The van der Waals surface area contributed by atoms with Crippen molar-refractivity contribution >= 4 is 22.9 Å². The van der Waals surface area contributed by atoms with Gasteiger partial charge >= 0.3 is 0 Å². The van der Waals surface area contributed by atoms with Gasteiger partial charge in [0, 0.05) is 23.3 Å². The summed E-state index contributed by atoms with van der Waals surface area (Å²) in [6.45, 7) is 10.2. The maximum atomic E-state index is 12.3. The van der Waals surface area contributed by atoms with Crippen LogP contribution in [-0.4, -0.2) is 16.9 Å². The van der Waals surface area contributed by atoms with Gasteiger partial charge in [0.25, 0.3) is 0 Å². The van der Waals surface area contributed by atoms with Crippen LogP contribution in [0.15, 0.2) is 48.2 Å². The standard InChI is InChI=1S/C24H28N2O/c1-6-18(5)26-24(27)17(4)12-21-11-16(3)22(13-15(21)2)19-7-8-23-20(14-19)9-10-25-23/h7-14,18,25H,6H2,1-5H3,(H,26,27)/b17-12+/t18-/m1/s1. The number of hydrogen-bond donors (Lipinski definition) is 2. The predicted molar refractivity (Wildman–Crippen MR) is 115 cm³/mol. The molecule has 1 amide bonds. The fourth-order valence-electron chi connectivity index (χ4n) is 3.26. The van der Waals surface area contributed by atoms with Crippen molar-refractivity contribution < 1.29 is 4.79 Å². The number of fused-ring (bicyclic) bond motifs is 1. The number of carbonyl (C=O) groups excluding carboxylic acids is 1. The van der Waals surface area contributed by atoms with Crippen molar-refractivity contribution in [1.29, 1.82) is 0 Å². The van der Waals surface area contributed by atoms with E-state index in [0.29, 0.717) is 0 Å². The average molecular weight is 361 g/mol. The predicted octanol–water partition coefficient (Wildman–Crippen LogP) is 5.77. The van der Waals surface area contributed by atoms with Gasteiger partial charge in [-0.3, -0.25) is 4.79 Å². The fourth-order valence-corrected chi connectivity index (χ4v) is 3.26. The molecular weight excluding hydrogens is 332 g/mol. The number of aromatic nitrogens is 1. The minimum absolute atomic E-state index is 0.00314. The lowest BCUT2D eigenvalue weighted by Gasteiger charge is -2.13. The lowest BCUT2D eigenvalue weighted by molar-refractivity contribution is -0.117. The maximum Gasteiger partial charge on any atom is 0.247 e. The Bertz CT molecular complexity index is 1010. The van der Waals surface area contributed by atoms with Crippen LogP contribution >= 0.6 is 0 Å². The number of nitrogens with one attached hydrogen (secondary N) is 2. The third-order valence-corrected chi connectivity index (χ3v) is 5.20. The molecule has 3 rings (SSSR count). The molecule has 0 saturated heterocycles. The molecule has 0 bridgehead atoms. The summed E-state index contributed by atoms with van der Waals surface area (Å²) in [6, 6.07) is 13.2. The van der Waals surface area contributed by atoms with Crippen LogP contribution in [0.1, 0.15) is 43.9 Å². The summed E-state index contributed by atoms with van der Waals surface area (Å²) in [7, 11) is 0. The van der Waals surface area contributed by atoms with E-state index in [2.05, 4.69) is 67.5 Å². The van der Waals surface area contributed by atoms with Gasteiger partial charge in [0.1, 0.15) is 0 Å². The van der Waals surface area contributed by atoms with Crippen LogP contribution in [0, 0.1) is 13.8 Å². The zero-order valence-corrected chi connectivity index (χ0v) is 16.8. The maximum absolute atomic E-state index is 12.3. The van der Waals surface area contributed by atoms with Gasteiger partial charge in [-0.25, -0.2) is 0 Å². The second-order valence-corrected chi connectivity index (χ2v) is 7.41. The number of H-pyrrole nitrogens is 1. The molecule has 0 aliphatic carbocycles. The molecule has 0 fully saturated rings. The van der Waals surface area contributed by atoms with E-state index in [1.807, 2.05) is 26.1 Å². The minimum atomic E-state index is 0.00314. The van der Waals surface area contributed by atoms with E-state index in [-0.39, 0.29) is 11.9 Å². The highest BCUT2D eigenvalue weighted by Gasteiger charge is 2.10. The van der Waals surface area contributed by atoms with E-state index in [4.69, 9.17) is 0 Å². The zero-order chi connectivity index (χ0) is 19.6. The average Bonchev–Trinajstić information content (AvgIpc) is 3.11. The Kier molecular flexibility index (Phi) is 5.50. The largest absolute Gasteiger partial charge is 0.361 e. The molecule has 1 atom stereocenters. The van der Waals surface area contributed by atoms with E-state index < -0.39 is 0 Å². The van der Waals surface area contributed by atoms with Gasteiger partial charge < -0.3 is 10.3 Å². The topological polar surface area (TPSA) is 44.9 Å². The van der Waals surface area contributed by atoms with Gasteiger partial charge in [-0.05, 0) is 91.6 Å². The first-order chi connectivity index (χ1) is 12.9. The summed E-state index contributed by atoms with van der Waals surface area (Å²) < 4.78 is 0. The number of hydrogen-bond acceptors (Lipinski definition) is 1. The van der Waals surface area contributed by atoms with Crippen molar-refractivity contribution in [3.05, 3.63) is 64.9 Å². The molecule has 3 aromatic rings. The Morgan fingerprint density at radius 2 is 1.93 bits per heavy atom. The van der Waals surface area contributed by atoms with Gasteiger partial charge in [-0.1, -0.05) is 25.1 Å². The number of aryl methyl sites for hydroxylation is 2. The molecule has 1 heterocycles. The van der Waals surface area contributed by atoms with Crippen LogP contribution in [0.5, 0.6) is 0 Å². The first-order valence-corrected chi connectivity index (χ1v) is 9.57. The second kappa shape index (κ2) is 7.83. The summed E-state index contributed by atoms with van der Waals surface area (Å²) in [5.41, 5.74) is 7.79. The van der Waals surface area contributed by atoms with E-state index in [9.17, 15) is 4.79 Å². The molecule has 2 N–H and O–H groups in total. The van der Waals surface area contributed by atoms with Crippen LogP contribution in [0.3, 0.4) is 0 Å². The summed E-state index contributed by atoms with van der Waals surface area (Å²) in [4.78, 5) is 15.6. The van der Waals surface area contributed by atoms with Gasteiger partial charge in [0.15, 0.2) is 0 Å². The van der Waals surface area contributed by atoms with Gasteiger partial charge in [0.2, 0.25) is 5.91 Å². The molecule has 2 aromatic carbocycles. The van der Waals surface area contributed by atoms with E-state index in [1.165, 1.54) is 27.6 Å². The Hall–Kier alpha value is -2.81. The third-order valence-electron chi connectivity index (χ3n) is 5.20. The van der Waals surface area contributed by atoms with Crippen LogP contribution in [0.4, 0.5) is 0 Å². The normalized spacial score (nSPS) is 13.0. The lowest BCUT2D eigenvalue weighted by Crippen LogP contribution is -2.32. The Morgan fingerprint density at radius 3 is 2.67 bits per heavy atom. The molecular formula is C24H28N2O. The molecule has 3 heteroatoms. The number of aromatic amines is 1. The fraction of sp³-hybridized carbons (Fsp3) is 0.292. The summed E-state index contributed by atoms with van der Waals surface area (Å²) in [6.07, 6.45) is 4.88. The van der Waals surface area contributed by atoms with E-state index in [1.54, 1.807) is 0 Å². The lowest BCUT2D eigenvalue weighted by atomic mass is 9.93. The molecule has 0 radical (unpaired) electrons. The Morgan fingerprint density at radius 1 is 1.15 bits per heavy atom. The van der Waals surface area contributed by atoms with Crippen molar-refractivity contribution in [2.24, 2.45) is 0 Å². The molecule has 0 saturated carbocycles. The summed E-state index contributed by atoms with van der Waals surface area (Å²) in [5, 5.41) is 4.24. The Balaban J connectivity index is 1.92. The van der Waals surface area contributed by atoms with Gasteiger partial charge in [-0.15, -0.1) is 0 Å². The first kappa shape index (κ1) is 19.0. The van der Waals surface area contributed by atoms with Crippen LogP contribution in [0.2, 0.25) is 0 Å². The molecule has 27 heavy (non-hydrogen) atoms. The van der Waals surface area contributed by atoms with Crippen LogP contribution in [-0.2, 0) is 4.79 Å². The number of carbonyl (C=O) groups is 1. The molecule has 0 spiro atoms. The number of rotatable bonds is 5. The zero-order valence-electron chi connectivity index (χ0n) is 16.8. The van der Waals surface area contributed by atoms with Crippen molar-refractivity contribution in [1.82, 2.24) is 10.3 Å². The first-order valence-electron chi connectivity index (χ1n) is 9.57. The minimum Gasteiger partial charge on any atom is -0.361 e.